The molecule has 6 amide bonds. The second kappa shape index (κ2) is 17.6. The van der Waals surface area contributed by atoms with Crippen LogP contribution in [-0.4, -0.2) is 49.8 Å². The number of ether oxygens (including phenoxy) is 2. The van der Waals surface area contributed by atoms with Crippen molar-refractivity contribution < 1.29 is 28.7 Å². The third kappa shape index (κ3) is 12.0. The average molecular weight is 613 g/mol. The van der Waals surface area contributed by atoms with E-state index in [1.165, 1.54) is 0 Å². The highest BCUT2D eigenvalue weighted by Gasteiger charge is 2.20. The number of alkyl carbamates (subject to hydrolysis) is 2. The van der Waals surface area contributed by atoms with Gasteiger partial charge in [-0.1, -0.05) is 35.4 Å². The lowest BCUT2D eigenvalue weighted by Crippen LogP contribution is -2.58. The Morgan fingerprint density at radius 1 is 0.568 bits per heavy atom. The van der Waals surface area contributed by atoms with Gasteiger partial charge in [-0.3, -0.25) is 0 Å². The number of hydrogen-bond acceptors (Lipinski definition) is 6. The summed E-state index contributed by atoms with van der Waals surface area (Å²) in [6.45, 7) is 15.9. The Labute approximate surface area is 260 Å². The van der Waals surface area contributed by atoms with Crippen LogP contribution in [-0.2, 0) is 22.3 Å². The molecule has 0 heterocycles. The predicted molar refractivity (Wildman–Crippen MR) is 169 cm³/mol. The molecule has 0 aliphatic rings. The fourth-order valence-corrected chi connectivity index (χ4v) is 5.28. The lowest BCUT2D eigenvalue weighted by atomic mass is 9.95. The third-order valence-corrected chi connectivity index (χ3v) is 7.08. The van der Waals surface area contributed by atoms with Crippen LogP contribution in [0.5, 0.6) is 0 Å². The average Bonchev–Trinajstić information content (AvgIpc) is 2.90. The number of amides is 6. The van der Waals surface area contributed by atoms with E-state index in [1.807, 2.05) is 41.5 Å². The van der Waals surface area contributed by atoms with Gasteiger partial charge in [-0.2, -0.15) is 0 Å². The molecule has 0 radical (unpaired) electrons. The van der Waals surface area contributed by atoms with Crippen LogP contribution < -0.4 is 32.1 Å². The summed E-state index contributed by atoms with van der Waals surface area (Å²) in [6, 6.07) is 6.86. The Balaban J connectivity index is 2.01. The number of urea groups is 2. The van der Waals surface area contributed by atoms with E-state index in [-0.39, 0.29) is 13.2 Å². The SMILES string of the molecule is CCOC(=O)NC(CCc1c(C)cc(C)cc1C)NC(=O)NNC(=O)NC(CCc1c(C)cc(C)cc1C)NC(=O)OCC. The van der Waals surface area contributed by atoms with Crippen molar-refractivity contribution in [3.63, 3.8) is 0 Å². The van der Waals surface area contributed by atoms with E-state index in [4.69, 9.17) is 9.47 Å². The third-order valence-electron chi connectivity index (χ3n) is 7.08. The van der Waals surface area contributed by atoms with Crippen LogP contribution in [0.15, 0.2) is 24.3 Å². The lowest BCUT2D eigenvalue weighted by Gasteiger charge is -2.23. The minimum atomic E-state index is -0.779. The van der Waals surface area contributed by atoms with Gasteiger partial charge in [-0.05, 0) is 114 Å². The molecular formula is C32H48N6O6. The normalized spacial score (nSPS) is 11.9. The first kappa shape index (κ1) is 35.7. The van der Waals surface area contributed by atoms with Crippen LogP contribution in [0.25, 0.3) is 0 Å². The molecule has 0 saturated heterocycles. The second-order valence-corrected chi connectivity index (χ2v) is 10.9. The van der Waals surface area contributed by atoms with Crippen LogP contribution >= 0.6 is 0 Å². The first-order valence-corrected chi connectivity index (χ1v) is 15.0. The van der Waals surface area contributed by atoms with Gasteiger partial charge >= 0.3 is 24.2 Å². The van der Waals surface area contributed by atoms with Crippen LogP contribution in [0.4, 0.5) is 19.2 Å². The fraction of sp³-hybridized carbons (Fsp3) is 0.500. The van der Waals surface area contributed by atoms with Gasteiger partial charge in [0.1, 0.15) is 12.3 Å². The minimum absolute atomic E-state index is 0.173. The van der Waals surface area contributed by atoms with E-state index in [0.29, 0.717) is 25.7 Å². The van der Waals surface area contributed by atoms with Crippen LogP contribution in [0.1, 0.15) is 71.2 Å². The number of carbonyl (C=O) groups is 4. The van der Waals surface area contributed by atoms with Gasteiger partial charge in [-0.25, -0.2) is 30.0 Å². The van der Waals surface area contributed by atoms with E-state index in [0.717, 1.165) is 44.5 Å². The maximum atomic E-state index is 12.7. The number of hydrazine groups is 1. The summed E-state index contributed by atoms with van der Waals surface area (Å²) in [4.78, 5) is 49.7. The Hall–Kier alpha value is -4.48. The maximum absolute atomic E-state index is 12.7. The molecule has 6 N–H and O–H groups in total. The molecule has 12 nitrogen and oxygen atoms in total. The highest BCUT2D eigenvalue weighted by molar-refractivity contribution is 5.81. The molecule has 0 fully saturated rings. The largest absolute Gasteiger partial charge is 0.450 e. The van der Waals surface area contributed by atoms with E-state index in [2.05, 4.69) is 56.4 Å². The Bertz CT molecular complexity index is 1170. The van der Waals surface area contributed by atoms with Gasteiger partial charge in [-0.15, -0.1) is 0 Å². The number of hydrogen-bond donors (Lipinski definition) is 6. The molecular weight excluding hydrogens is 564 g/mol. The zero-order chi connectivity index (χ0) is 32.8. The standard InChI is InChI=1S/C32H48N6O6/c1-9-43-31(41)35-27(13-11-25-21(5)15-19(3)16-22(25)6)33-29(39)37-38-30(40)34-28(36-32(42)44-10-2)14-12-26-23(7)17-20(4)18-24(26)8/h15-18,27-28H,9-14H2,1-8H3,(H,35,41)(H,36,42)(H2,33,37,39)(H2,34,38,40). The van der Waals surface area contributed by atoms with Crippen molar-refractivity contribution in [3.8, 4) is 0 Å². The monoisotopic (exact) mass is 612 g/mol. The second-order valence-electron chi connectivity index (χ2n) is 10.9. The first-order chi connectivity index (χ1) is 20.8. The Kier molecular flexibility index (Phi) is 14.3. The number of aryl methyl sites for hydroxylation is 6. The minimum Gasteiger partial charge on any atom is -0.450 e. The Morgan fingerprint density at radius 2 is 0.886 bits per heavy atom. The molecule has 2 unspecified atom stereocenters. The summed E-state index contributed by atoms with van der Waals surface area (Å²) < 4.78 is 9.98. The van der Waals surface area contributed by atoms with E-state index in [9.17, 15) is 19.2 Å². The molecule has 0 aromatic heterocycles. The predicted octanol–water partition coefficient (Wildman–Crippen LogP) is 4.76. The van der Waals surface area contributed by atoms with Crippen molar-refractivity contribution in [3.05, 3.63) is 68.8 Å². The van der Waals surface area contributed by atoms with E-state index >= 15 is 0 Å². The summed E-state index contributed by atoms with van der Waals surface area (Å²) in [6.07, 6.45) is -0.967. The molecule has 0 aliphatic carbocycles. The van der Waals surface area contributed by atoms with Crippen molar-refractivity contribution in [2.24, 2.45) is 0 Å². The molecule has 2 rings (SSSR count). The molecule has 2 aromatic carbocycles. The molecule has 2 atom stereocenters. The zero-order valence-corrected chi connectivity index (χ0v) is 27.2. The van der Waals surface area contributed by atoms with E-state index in [1.54, 1.807) is 13.8 Å². The van der Waals surface area contributed by atoms with Gasteiger partial charge < -0.3 is 30.7 Å². The smallest absolute Gasteiger partial charge is 0.408 e. The quantitative estimate of drug-likeness (QED) is 0.150. The van der Waals surface area contributed by atoms with Crippen LogP contribution in [0.2, 0.25) is 0 Å². The highest BCUT2D eigenvalue weighted by atomic mass is 16.6. The molecule has 2 aromatic rings. The van der Waals surface area contributed by atoms with Gasteiger partial charge in [0.05, 0.1) is 13.2 Å². The molecule has 0 aliphatic heterocycles. The van der Waals surface area contributed by atoms with Crippen molar-refractivity contribution in [2.45, 2.75) is 93.4 Å². The van der Waals surface area contributed by atoms with Crippen LogP contribution in [0.3, 0.4) is 0 Å². The summed E-state index contributed by atoms with van der Waals surface area (Å²) in [7, 11) is 0. The molecule has 44 heavy (non-hydrogen) atoms. The highest BCUT2D eigenvalue weighted by Crippen LogP contribution is 2.19. The molecule has 12 heteroatoms. The fourth-order valence-electron chi connectivity index (χ4n) is 5.28. The maximum Gasteiger partial charge on any atom is 0.408 e. The molecule has 242 valence electrons. The van der Waals surface area contributed by atoms with Crippen LogP contribution in [0, 0.1) is 41.5 Å². The first-order valence-electron chi connectivity index (χ1n) is 15.0. The molecule has 0 saturated carbocycles. The Morgan fingerprint density at radius 3 is 1.18 bits per heavy atom. The molecule has 0 spiro atoms. The van der Waals surface area contributed by atoms with Gasteiger partial charge in [0.25, 0.3) is 0 Å². The van der Waals surface area contributed by atoms with Crippen molar-refractivity contribution in [1.29, 1.82) is 0 Å². The van der Waals surface area contributed by atoms with E-state index < -0.39 is 36.6 Å². The van der Waals surface area contributed by atoms with Gasteiger partial charge in [0.2, 0.25) is 0 Å². The number of nitrogens with one attached hydrogen (secondary N) is 6. The summed E-state index contributed by atoms with van der Waals surface area (Å²) >= 11 is 0. The summed E-state index contributed by atoms with van der Waals surface area (Å²) in [5.74, 6) is 0. The number of benzene rings is 2. The van der Waals surface area contributed by atoms with Crippen molar-refractivity contribution >= 4 is 24.2 Å². The topological polar surface area (TPSA) is 159 Å². The zero-order valence-electron chi connectivity index (χ0n) is 27.2. The number of carbonyl (C=O) groups excluding carboxylic acids is 4. The summed E-state index contributed by atoms with van der Waals surface area (Å²) in [5.41, 5.74) is 13.6. The van der Waals surface area contributed by atoms with Crippen molar-refractivity contribution in [1.82, 2.24) is 32.1 Å². The summed E-state index contributed by atoms with van der Waals surface area (Å²) in [5, 5.41) is 10.6. The number of rotatable bonds is 12. The molecule has 0 bridgehead atoms. The van der Waals surface area contributed by atoms with Gasteiger partial charge in [0, 0.05) is 0 Å². The lowest BCUT2D eigenvalue weighted by molar-refractivity contribution is 0.143. The van der Waals surface area contributed by atoms with Gasteiger partial charge in [0.15, 0.2) is 0 Å². The van der Waals surface area contributed by atoms with Crippen molar-refractivity contribution in [2.75, 3.05) is 13.2 Å².